The fraction of sp³-hybridized carbons (Fsp3) is 0.125. The van der Waals surface area contributed by atoms with E-state index in [1.54, 1.807) is 12.1 Å². The lowest BCUT2D eigenvalue weighted by Gasteiger charge is -2.03. The summed E-state index contributed by atoms with van der Waals surface area (Å²) >= 11 is 0. The summed E-state index contributed by atoms with van der Waals surface area (Å²) in [5.74, 6) is 0.161. The van der Waals surface area contributed by atoms with Crippen LogP contribution in [0.5, 0.6) is 0 Å². The van der Waals surface area contributed by atoms with Gasteiger partial charge in [-0.25, -0.2) is 18.1 Å². The largest absolute Gasteiger partial charge is 0.503 e. The maximum absolute atomic E-state index is 12.3. The van der Waals surface area contributed by atoms with Crippen LogP contribution in [0.15, 0.2) is 35.6 Å². The van der Waals surface area contributed by atoms with Gasteiger partial charge in [0.05, 0.1) is 6.20 Å². The standard InChI is InChI=1S/C8H5F3N4O2S/c9-8(10,11)18(16,17)7-5-15(14-13-7)6-3-1-2-4-12-6/h1-5H. The molecule has 0 spiro atoms. The summed E-state index contributed by atoms with van der Waals surface area (Å²) in [7, 11) is -5.49. The summed E-state index contributed by atoms with van der Waals surface area (Å²) in [6.07, 6.45) is 2.04. The molecule has 0 aliphatic carbocycles. The highest BCUT2D eigenvalue weighted by atomic mass is 32.2. The highest BCUT2D eigenvalue weighted by molar-refractivity contribution is 7.92. The van der Waals surface area contributed by atoms with Crippen LogP contribution in [0.1, 0.15) is 0 Å². The summed E-state index contributed by atoms with van der Waals surface area (Å²) in [5.41, 5.74) is -5.40. The zero-order valence-electron chi connectivity index (χ0n) is 8.53. The number of hydrogen-bond donors (Lipinski definition) is 0. The van der Waals surface area contributed by atoms with Gasteiger partial charge in [-0.05, 0) is 12.1 Å². The van der Waals surface area contributed by atoms with Gasteiger partial charge in [0.2, 0.25) is 5.03 Å². The maximum Gasteiger partial charge on any atom is 0.503 e. The van der Waals surface area contributed by atoms with Gasteiger partial charge in [0, 0.05) is 6.20 Å². The van der Waals surface area contributed by atoms with Crippen LogP contribution in [-0.2, 0) is 9.84 Å². The lowest BCUT2D eigenvalue weighted by atomic mass is 10.5. The van der Waals surface area contributed by atoms with E-state index in [2.05, 4.69) is 15.3 Å². The van der Waals surface area contributed by atoms with E-state index in [1.165, 1.54) is 12.3 Å². The van der Waals surface area contributed by atoms with E-state index in [4.69, 9.17) is 0 Å². The number of sulfone groups is 1. The molecule has 0 aliphatic rings. The molecule has 0 bridgehead atoms. The van der Waals surface area contributed by atoms with Crippen LogP contribution in [0.2, 0.25) is 0 Å². The molecule has 0 atom stereocenters. The van der Waals surface area contributed by atoms with Gasteiger partial charge in [0.15, 0.2) is 5.82 Å². The van der Waals surface area contributed by atoms with E-state index in [1.807, 2.05) is 0 Å². The third-order valence-corrected chi connectivity index (χ3v) is 3.28. The zero-order chi connectivity index (χ0) is 13.4. The van der Waals surface area contributed by atoms with Gasteiger partial charge in [0.1, 0.15) is 0 Å². The fourth-order valence-corrected chi connectivity index (χ4v) is 1.71. The Hall–Kier alpha value is -1.97. The first-order chi connectivity index (χ1) is 8.32. The molecule has 0 radical (unpaired) electrons. The first kappa shape index (κ1) is 12.5. The monoisotopic (exact) mass is 278 g/mol. The third kappa shape index (κ3) is 2.06. The molecule has 0 unspecified atom stereocenters. The predicted octanol–water partition coefficient (Wildman–Crippen LogP) is 0.956. The van der Waals surface area contributed by atoms with Crippen molar-refractivity contribution in [2.45, 2.75) is 10.5 Å². The van der Waals surface area contributed by atoms with E-state index in [0.29, 0.717) is 6.20 Å². The fourth-order valence-electron chi connectivity index (χ4n) is 1.09. The van der Waals surface area contributed by atoms with E-state index in [-0.39, 0.29) is 5.82 Å². The Balaban J connectivity index is 2.45. The highest BCUT2D eigenvalue weighted by Gasteiger charge is 2.48. The van der Waals surface area contributed by atoms with Crippen molar-refractivity contribution in [2.75, 3.05) is 0 Å². The molecule has 2 aromatic heterocycles. The van der Waals surface area contributed by atoms with Crippen LogP contribution < -0.4 is 0 Å². The molecule has 2 heterocycles. The van der Waals surface area contributed by atoms with Crippen molar-refractivity contribution in [3.05, 3.63) is 30.6 Å². The number of halogens is 3. The lowest BCUT2D eigenvalue weighted by Crippen LogP contribution is -2.23. The first-order valence-electron chi connectivity index (χ1n) is 4.47. The molecule has 2 rings (SSSR count). The molecule has 0 saturated heterocycles. The Labute approximate surface area is 99.0 Å². The van der Waals surface area contributed by atoms with Crippen LogP contribution in [0.4, 0.5) is 13.2 Å². The van der Waals surface area contributed by atoms with Crippen LogP contribution in [0.3, 0.4) is 0 Å². The second-order valence-corrected chi connectivity index (χ2v) is 5.03. The minimum atomic E-state index is -5.49. The van der Waals surface area contributed by atoms with Crippen molar-refractivity contribution in [1.29, 1.82) is 0 Å². The van der Waals surface area contributed by atoms with Gasteiger partial charge in [0.25, 0.3) is 9.84 Å². The Morgan fingerprint density at radius 1 is 1.22 bits per heavy atom. The van der Waals surface area contributed by atoms with Crippen LogP contribution in [0.25, 0.3) is 5.82 Å². The van der Waals surface area contributed by atoms with Crippen LogP contribution >= 0.6 is 0 Å². The first-order valence-corrected chi connectivity index (χ1v) is 5.96. The molecule has 0 fully saturated rings. The summed E-state index contributed by atoms with van der Waals surface area (Å²) in [6, 6.07) is 4.61. The van der Waals surface area contributed by atoms with Crippen molar-refractivity contribution in [3.63, 3.8) is 0 Å². The number of nitrogens with zero attached hydrogens (tertiary/aromatic N) is 4. The normalized spacial score (nSPS) is 12.6. The number of pyridine rings is 1. The van der Waals surface area contributed by atoms with Crippen LogP contribution in [-0.4, -0.2) is 33.9 Å². The van der Waals surface area contributed by atoms with Gasteiger partial charge >= 0.3 is 5.51 Å². The topological polar surface area (TPSA) is 77.7 Å². The molecule has 0 N–H and O–H groups in total. The quantitative estimate of drug-likeness (QED) is 0.817. The summed E-state index contributed by atoms with van der Waals surface area (Å²) in [5, 5.41) is 5.12. The zero-order valence-corrected chi connectivity index (χ0v) is 9.35. The average Bonchev–Trinajstić information content (AvgIpc) is 2.78. The minimum Gasteiger partial charge on any atom is -0.237 e. The molecule has 10 heteroatoms. The molecular formula is C8H5F3N4O2S. The number of hydrogen-bond acceptors (Lipinski definition) is 5. The van der Waals surface area contributed by atoms with Crippen molar-refractivity contribution < 1.29 is 21.6 Å². The van der Waals surface area contributed by atoms with Gasteiger partial charge in [-0.15, -0.1) is 5.10 Å². The predicted molar refractivity (Wildman–Crippen MR) is 52.4 cm³/mol. The summed E-state index contributed by atoms with van der Waals surface area (Å²) in [4.78, 5) is 3.79. The molecular weight excluding hydrogens is 273 g/mol. The molecule has 96 valence electrons. The lowest BCUT2D eigenvalue weighted by molar-refractivity contribution is -0.0438. The molecule has 6 nitrogen and oxygen atoms in total. The molecule has 2 aromatic rings. The van der Waals surface area contributed by atoms with Crippen molar-refractivity contribution >= 4 is 9.84 Å². The summed E-state index contributed by atoms with van der Waals surface area (Å²) in [6.45, 7) is 0. The van der Waals surface area contributed by atoms with Gasteiger partial charge < -0.3 is 0 Å². The maximum atomic E-state index is 12.3. The average molecular weight is 278 g/mol. The number of alkyl halides is 3. The number of aromatic nitrogens is 4. The molecule has 0 saturated carbocycles. The highest BCUT2D eigenvalue weighted by Crippen LogP contribution is 2.28. The third-order valence-electron chi connectivity index (χ3n) is 1.94. The van der Waals surface area contributed by atoms with Crippen LogP contribution in [0, 0.1) is 0 Å². The van der Waals surface area contributed by atoms with Gasteiger partial charge in [-0.1, -0.05) is 11.3 Å². The Morgan fingerprint density at radius 3 is 2.50 bits per heavy atom. The van der Waals surface area contributed by atoms with Crippen molar-refractivity contribution in [2.24, 2.45) is 0 Å². The molecule has 0 amide bonds. The van der Waals surface area contributed by atoms with E-state index in [9.17, 15) is 21.6 Å². The van der Waals surface area contributed by atoms with E-state index in [0.717, 1.165) is 4.68 Å². The van der Waals surface area contributed by atoms with Gasteiger partial charge in [-0.2, -0.15) is 13.2 Å². The molecule has 0 aliphatic heterocycles. The second-order valence-electron chi connectivity index (χ2n) is 3.14. The van der Waals surface area contributed by atoms with E-state index < -0.39 is 20.4 Å². The van der Waals surface area contributed by atoms with Gasteiger partial charge in [-0.3, -0.25) is 0 Å². The van der Waals surface area contributed by atoms with Crippen molar-refractivity contribution in [3.8, 4) is 5.82 Å². The second kappa shape index (κ2) is 4.05. The van der Waals surface area contributed by atoms with Crippen molar-refractivity contribution in [1.82, 2.24) is 20.0 Å². The molecule has 18 heavy (non-hydrogen) atoms. The number of rotatable bonds is 2. The smallest absolute Gasteiger partial charge is 0.237 e. The van der Waals surface area contributed by atoms with E-state index >= 15 is 0 Å². The SMILES string of the molecule is O=S(=O)(c1cn(-c2ccccn2)nn1)C(F)(F)F. The Kier molecular flexibility index (Phi) is 2.81. The Bertz CT molecular complexity index is 650. The molecule has 0 aromatic carbocycles. The summed E-state index contributed by atoms with van der Waals surface area (Å²) < 4.78 is 59.7. The minimum absolute atomic E-state index is 0.161. The Morgan fingerprint density at radius 2 is 1.94 bits per heavy atom.